The van der Waals surface area contributed by atoms with E-state index < -0.39 is 9.84 Å². The van der Waals surface area contributed by atoms with Crippen LogP contribution in [0.2, 0.25) is 0 Å². The number of ether oxygens (including phenoxy) is 1. The summed E-state index contributed by atoms with van der Waals surface area (Å²) in [4.78, 5) is 0. The van der Waals surface area contributed by atoms with E-state index in [4.69, 9.17) is 10.5 Å². The van der Waals surface area contributed by atoms with Crippen LogP contribution in [0.25, 0.3) is 0 Å². The maximum Gasteiger partial charge on any atom is 0.150 e. The second-order valence-corrected chi connectivity index (χ2v) is 7.87. The highest BCUT2D eigenvalue weighted by Gasteiger charge is 2.29. The largest absolute Gasteiger partial charge is 0.376 e. The van der Waals surface area contributed by atoms with Gasteiger partial charge in [0.1, 0.15) is 9.84 Å². The fourth-order valence-corrected chi connectivity index (χ4v) is 3.13. The van der Waals surface area contributed by atoms with Crippen LogP contribution in [0, 0.1) is 0 Å². The van der Waals surface area contributed by atoms with E-state index in [1.807, 2.05) is 13.8 Å². The van der Waals surface area contributed by atoms with E-state index in [9.17, 15) is 8.42 Å². The van der Waals surface area contributed by atoms with E-state index in [0.717, 1.165) is 19.3 Å². The lowest BCUT2D eigenvalue weighted by Gasteiger charge is -2.30. The predicted octanol–water partition coefficient (Wildman–Crippen LogP) is 1.10. The fourth-order valence-electron chi connectivity index (χ4n) is 1.97. The van der Waals surface area contributed by atoms with Crippen molar-refractivity contribution in [2.45, 2.75) is 56.4 Å². The molecule has 4 nitrogen and oxygen atoms in total. The van der Waals surface area contributed by atoms with E-state index in [-0.39, 0.29) is 16.9 Å². The molecule has 0 saturated heterocycles. The minimum atomic E-state index is -2.92. The summed E-state index contributed by atoms with van der Waals surface area (Å²) in [6, 6.07) is 0. The molecule has 0 aromatic rings. The quantitative estimate of drug-likeness (QED) is 0.810. The van der Waals surface area contributed by atoms with Crippen LogP contribution in [0.5, 0.6) is 0 Å². The van der Waals surface area contributed by atoms with Crippen LogP contribution in [0.15, 0.2) is 0 Å². The van der Waals surface area contributed by atoms with Gasteiger partial charge in [0.25, 0.3) is 0 Å². The number of hydrogen-bond donors (Lipinski definition) is 1. The SMILES string of the molecule is CC(C)(N)COC1CCCC(S(C)(=O)=O)C1. The zero-order valence-electron chi connectivity index (χ0n) is 10.4. The molecule has 1 aliphatic rings. The van der Waals surface area contributed by atoms with E-state index in [0.29, 0.717) is 13.0 Å². The summed E-state index contributed by atoms with van der Waals surface area (Å²) >= 11 is 0. The Morgan fingerprint density at radius 1 is 1.38 bits per heavy atom. The smallest absolute Gasteiger partial charge is 0.150 e. The van der Waals surface area contributed by atoms with Crippen molar-refractivity contribution in [2.24, 2.45) is 5.73 Å². The second-order valence-electron chi connectivity index (χ2n) is 5.54. The molecule has 2 unspecified atom stereocenters. The van der Waals surface area contributed by atoms with Crippen LogP contribution in [-0.4, -0.2) is 38.2 Å². The molecule has 96 valence electrons. The van der Waals surface area contributed by atoms with Crippen LogP contribution in [0.4, 0.5) is 0 Å². The Kier molecular flexibility index (Phi) is 4.37. The Hall–Kier alpha value is -0.130. The van der Waals surface area contributed by atoms with Crippen LogP contribution < -0.4 is 5.73 Å². The van der Waals surface area contributed by atoms with Gasteiger partial charge in [-0.15, -0.1) is 0 Å². The summed E-state index contributed by atoms with van der Waals surface area (Å²) in [5.74, 6) is 0. The van der Waals surface area contributed by atoms with Gasteiger partial charge in [-0.25, -0.2) is 8.42 Å². The molecule has 0 heterocycles. The first kappa shape index (κ1) is 13.9. The van der Waals surface area contributed by atoms with Gasteiger partial charge in [0.15, 0.2) is 0 Å². The van der Waals surface area contributed by atoms with Gasteiger partial charge in [0.2, 0.25) is 0 Å². The summed E-state index contributed by atoms with van der Waals surface area (Å²) in [6.45, 7) is 4.29. The van der Waals surface area contributed by atoms with Gasteiger partial charge in [-0.05, 0) is 39.5 Å². The molecule has 1 rings (SSSR count). The van der Waals surface area contributed by atoms with Crippen molar-refractivity contribution in [3.63, 3.8) is 0 Å². The van der Waals surface area contributed by atoms with Gasteiger partial charge in [-0.2, -0.15) is 0 Å². The lowest BCUT2D eigenvalue weighted by molar-refractivity contribution is 0.00765. The fraction of sp³-hybridized carbons (Fsp3) is 1.00. The Balaban J connectivity index is 2.46. The van der Waals surface area contributed by atoms with Crippen molar-refractivity contribution < 1.29 is 13.2 Å². The van der Waals surface area contributed by atoms with Crippen molar-refractivity contribution in [1.82, 2.24) is 0 Å². The first-order chi connectivity index (χ1) is 7.18. The molecule has 0 aromatic heterocycles. The molecular weight excluding hydrogens is 226 g/mol. The van der Waals surface area contributed by atoms with E-state index in [2.05, 4.69) is 0 Å². The average Bonchev–Trinajstić information content (AvgIpc) is 2.13. The number of sulfone groups is 1. The Bertz CT molecular complexity index is 319. The standard InChI is InChI=1S/C11H23NO3S/c1-11(2,12)8-15-9-5-4-6-10(7-9)16(3,13)14/h9-10H,4-8,12H2,1-3H3. The molecular formula is C11H23NO3S. The molecule has 0 amide bonds. The Labute approximate surface area is 98.5 Å². The molecule has 0 spiro atoms. The molecule has 0 radical (unpaired) electrons. The lowest BCUT2D eigenvalue weighted by atomic mass is 9.97. The minimum absolute atomic E-state index is 0.0521. The zero-order chi connectivity index (χ0) is 12.4. The van der Waals surface area contributed by atoms with E-state index in [1.165, 1.54) is 6.26 Å². The molecule has 1 aliphatic carbocycles. The third-order valence-electron chi connectivity index (χ3n) is 2.87. The summed E-state index contributed by atoms with van der Waals surface area (Å²) in [7, 11) is -2.92. The van der Waals surface area contributed by atoms with Crippen LogP contribution in [0.1, 0.15) is 39.5 Å². The molecule has 1 saturated carbocycles. The number of nitrogens with two attached hydrogens (primary N) is 1. The molecule has 0 aromatic carbocycles. The summed E-state index contributed by atoms with van der Waals surface area (Å²) < 4.78 is 28.6. The van der Waals surface area contributed by atoms with Gasteiger partial charge < -0.3 is 10.5 Å². The van der Waals surface area contributed by atoms with Crippen LogP contribution in [0.3, 0.4) is 0 Å². The first-order valence-electron chi connectivity index (χ1n) is 5.78. The topological polar surface area (TPSA) is 69.4 Å². The molecule has 0 bridgehead atoms. The highest BCUT2D eigenvalue weighted by Crippen LogP contribution is 2.26. The van der Waals surface area contributed by atoms with Gasteiger partial charge in [0.05, 0.1) is 18.0 Å². The van der Waals surface area contributed by atoms with Crippen molar-refractivity contribution in [3.8, 4) is 0 Å². The summed E-state index contributed by atoms with van der Waals surface area (Å²) in [5, 5.41) is -0.230. The van der Waals surface area contributed by atoms with Gasteiger partial charge in [-0.3, -0.25) is 0 Å². The van der Waals surface area contributed by atoms with Crippen LogP contribution in [-0.2, 0) is 14.6 Å². The molecule has 16 heavy (non-hydrogen) atoms. The molecule has 5 heteroatoms. The maximum absolute atomic E-state index is 11.5. The zero-order valence-corrected chi connectivity index (χ0v) is 11.2. The van der Waals surface area contributed by atoms with E-state index >= 15 is 0 Å². The third kappa shape index (κ3) is 4.80. The monoisotopic (exact) mass is 249 g/mol. The van der Waals surface area contributed by atoms with Crippen molar-refractivity contribution in [3.05, 3.63) is 0 Å². The maximum atomic E-state index is 11.5. The number of rotatable bonds is 4. The lowest BCUT2D eigenvalue weighted by Crippen LogP contribution is -2.40. The van der Waals surface area contributed by atoms with Crippen molar-refractivity contribution in [1.29, 1.82) is 0 Å². The average molecular weight is 249 g/mol. The highest BCUT2D eigenvalue weighted by atomic mass is 32.2. The molecule has 2 atom stereocenters. The van der Waals surface area contributed by atoms with Gasteiger partial charge in [0, 0.05) is 11.8 Å². The minimum Gasteiger partial charge on any atom is -0.376 e. The predicted molar refractivity (Wildman–Crippen MR) is 65.1 cm³/mol. The highest BCUT2D eigenvalue weighted by molar-refractivity contribution is 7.91. The normalized spacial score (nSPS) is 28.0. The summed E-state index contributed by atoms with van der Waals surface area (Å²) in [5.41, 5.74) is 5.48. The van der Waals surface area contributed by atoms with E-state index in [1.54, 1.807) is 0 Å². The number of hydrogen-bond acceptors (Lipinski definition) is 4. The second kappa shape index (κ2) is 5.02. The first-order valence-corrected chi connectivity index (χ1v) is 7.73. The summed E-state index contributed by atoms with van der Waals surface area (Å²) in [6.07, 6.45) is 4.62. The van der Waals surface area contributed by atoms with Crippen molar-refractivity contribution in [2.75, 3.05) is 12.9 Å². The molecule has 1 fully saturated rings. The third-order valence-corrected chi connectivity index (χ3v) is 4.51. The molecule has 0 aliphatic heterocycles. The van der Waals surface area contributed by atoms with Crippen LogP contribution >= 0.6 is 0 Å². The Morgan fingerprint density at radius 2 is 2.00 bits per heavy atom. The van der Waals surface area contributed by atoms with Crippen molar-refractivity contribution >= 4 is 9.84 Å². The Morgan fingerprint density at radius 3 is 2.50 bits per heavy atom. The molecule has 2 N–H and O–H groups in total. The van der Waals surface area contributed by atoms with Gasteiger partial charge in [-0.1, -0.05) is 0 Å². The van der Waals surface area contributed by atoms with Gasteiger partial charge >= 0.3 is 0 Å².